The molecule has 0 spiro atoms. The van der Waals surface area contributed by atoms with E-state index in [-0.39, 0.29) is 11.8 Å². The SMILES string of the molecule is O=C(O)C(=O)O.O=C1CCCCN1c1ncccc1CCN1CC[C@H](CC(F)(F)F)C1. The highest BCUT2D eigenvalue weighted by Gasteiger charge is 2.35. The van der Waals surface area contributed by atoms with Gasteiger partial charge in [0.05, 0.1) is 0 Å². The average molecular weight is 445 g/mol. The molecular formula is C20H26F3N3O5. The van der Waals surface area contributed by atoms with Gasteiger partial charge in [-0.15, -0.1) is 0 Å². The minimum atomic E-state index is -4.08. The van der Waals surface area contributed by atoms with Crippen molar-refractivity contribution >= 4 is 23.7 Å². The zero-order chi connectivity index (χ0) is 23.0. The molecule has 2 saturated heterocycles. The van der Waals surface area contributed by atoms with E-state index < -0.39 is 24.5 Å². The van der Waals surface area contributed by atoms with Crippen LogP contribution in [0.1, 0.15) is 37.7 Å². The summed E-state index contributed by atoms with van der Waals surface area (Å²) in [5.74, 6) is -3.11. The first-order chi connectivity index (χ1) is 14.6. The van der Waals surface area contributed by atoms with E-state index in [2.05, 4.69) is 9.88 Å². The van der Waals surface area contributed by atoms with Crippen molar-refractivity contribution in [1.29, 1.82) is 0 Å². The Morgan fingerprint density at radius 2 is 1.87 bits per heavy atom. The van der Waals surface area contributed by atoms with Crippen molar-refractivity contribution in [3.63, 3.8) is 0 Å². The number of anilines is 1. The summed E-state index contributed by atoms with van der Waals surface area (Å²) in [4.78, 5) is 38.6. The molecule has 11 heteroatoms. The molecule has 1 aromatic heterocycles. The summed E-state index contributed by atoms with van der Waals surface area (Å²) in [5, 5.41) is 14.8. The van der Waals surface area contributed by atoms with Gasteiger partial charge in [0.2, 0.25) is 5.91 Å². The fourth-order valence-electron chi connectivity index (χ4n) is 3.79. The zero-order valence-corrected chi connectivity index (χ0v) is 17.0. The number of hydrogen-bond acceptors (Lipinski definition) is 5. The predicted octanol–water partition coefficient (Wildman–Crippen LogP) is 2.57. The molecule has 1 atom stereocenters. The Morgan fingerprint density at radius 1 is 1.16 bits per heavy atom. The summed E-state index contributed by atoms with van der Waals surface area (Å²) in [6, 6.07) is 3.82. The first-order valence-corrected chi connectivity index (χ1v) is 10.1. The van der Waals surface area contributed by atoms with E-state index in [0.29, 0.717) is 45.4 Å². The van der Waals surface area contributed by atoms with E-state index in [0.717, 1.165) is 24.2 Å². The number of pyridine rings is 1. The highest BCUT2D eigenvalue weighted by molar-refractivity contribution is 6.27. The topological polar surface area (TPSA) is 111 Å². The molecular weight excluding hydrogens is 419 g/mol. The van der Waals surface area contributed by atoms with Crippen LogP contribution in [-0.4, -0.2) is 70.3 Å². The number of carboxylic acid groups (broad SMARTS) is 2. The van der Waals surface area contributed by atoms with Crippen molar-refractivity contribution in [1.82, 2.24) is 9.88 Å². The number of hydrogen-bond donors (Lipinski definition) is 2. The standard InChI is InChI=1S/C18H24F3N3O.C2H2O4/c19-18(20,21)12-14-6-10-23(13-14)11-7-15-4-3-8-22-17(15)24-9-2-1-5-16(24)25;3-1(4)2(5)6/h3-4,8,14H,1-2,5-7,9-13H2;(H,3,4)(H,5,6)/t14-;/m1./s1. The Balaban J connectivity index is 0.000000501. The van der Waals surface area contributed by atoms with Gasteiger partial charge in [0.1, 0.15) is 5.82 Å². The van der Waals surface area contributed by atoms with Crippen LogP contribution in [0.4, 0.5) is 19.0 Å². The monoisotopic (exact) mass is 445 g/mol. The van der Waals surface area contributed by atoms with Gasteiger partial charge in [-0.25, -0.2) is 14.6 Å². The number of piperidine rings is 1. The molecule has 8 nitrogen and oxygen atoms in total. The number of carbonyl (C=O) groups excluding carboxylic acids is 1. The smallest absolute Gasteiger partial charge is 0.414 e. The van der Waals surface area contributed by atoms with E-state index in [9.17, 15) is 18.0 Å². The Morgan fingerprint density at radius 3 is 2.48 bits per heavy atom. The first-order valence-electron chi connectivity index (χ1n) is 10.1. The van der Waals surface area contributed by atoms with Crippen LogP contribution >= 0.6 is 0 Å². The maximum absolute atomic E-state index is 12.5. The summed E-state index contributed by atoms with van der Waals surface area (Å²) in [5.41, 5.74) is 0.997. The summed E-state index contributed by atoms with van der Waals surface area (Å²) in [7, 11) is 0. The lowest BCUT2D eigenvalue weighted by molar-refractivity contribution is -0.159. The van der Waals surface area contributed by atoms with Crippen LogP contribution in [0.15, 0.2) is 18.3 Å². The van der Waals surface area contributed by atoms with Gasteiger partial charge >= 0.3 is 18.1 Å². The van der Waals surface area contributed by atoms with Crippen molar-refractivity contribution in [3.8, 4) is 0 Å². The molecule has 0 aliphatic carbocycles. The number of aliphatic carboxylic acids is 2. The summed E-state index contributed by atoms with van der Waals surface area (Å²) in [6.07, 6.45) is 0.682. The molecule has 3 heterocycles. The van der Waals surface area contributed by atoms with Crippen LogP contribution in [-0.2, 0) is 20.8 Å². The highest BCUT2D eigenvalue weighted by Crippen LogP contribution is 2.30. The van der Waals surface area contributed by atoms with Crippen LogP contribution in [0.5, 0.6) is 0 Å². The van der Waals surface area contributed by atoms with Gasteiger partial charge in [0.15, 0.2) is 0 Å². The summed E-state index contributed by atoms with van der Waals surface area (Å²) in [6.45, 7) is 2.60. The first kappa shape index (κ1) is 24.6. The highest BCUT2D eigenvalue weighted by atomic mass is 19.4. The predicted molar refractivity (Wildman–Crippen MR) is 105 cm³/mol. The number of alkyl halides is 3. The van der Waals surface area contributed by atoms with E-state index in [1.807, 2.05) is 12.1 Å². The Kier molecular flexibility index (Phi) is 8.78. The Bertz CT molecular complexity index is 776. The van der Waals surface area contributed by atoms with E-state index in [4.69, 9.17) is 19.8 Å². The number of halogens is 3. The van der Waals surface area contributed by atoms with Crippen molar-refractivity contribution in [2.75, 3.05) is 31.1 Å². The lowest BCUT2D eigenvalue weighted by Crippen LogP contribution is -2.36. The van der Waals surface area contributed by atoms with Crippen molar-refractivity contribution in [2.45, 2.75) is 44.7 Å². The number of nitrogens with zero attached hydrogens (tertiary/aromatic N) is 3. The number of likely N-dealkylation sites (tertiary alicyclic amines) is 1. The van der Waals surface area contributed by atoms with Crippen LogP contribution < -0.4 is 4.90 Å². The molecule has 2 aliphatic heterocycles. The van der Waals surface area contributed by atoms with Gasteiger partial charge < -0.3 is 15.1 Å². The Labute approximate surface area is 177 Å². The van der Waals surface area contributed by atoms with Gasteiger partial charge in [-0.1, -0.05) is 6.07 Å². The largest absolute Gasteiger partial charge is 0.473 e. The molecule has 2 fully saturated rings. The van der Waals surface area contributed by atoms with Gasteiger partial charge in [-0.2, -0.15) is 13.2 Å². The number of carbonyl (C=O) groups is 3. The normalized spacial score (nSPS) is 19.6. The molecule has 0 aromatic carbocycles. The second-order valence-corrected chi connectivity index (χ2v) is 7.62. The third-order valence-corrected chi connectivity index (χ3v) is 5.22. The maximum Gasteiger partial charge on any atom is 0.414 e. The summed E-state index contributed by atoms with van der Waals surface area (Å²) < 4.78 is 37.5. The molecule has 0 unspecified atom stereocenters. The van der Waals surface area contributed by atoms with Gasteiger partial charge in [0, 0.05) is 38.7 Å². The van der Waals surface area contributed by atoms with Crippen molar-refractivity contribution < 1.29 is 37.8 Å². The van der Waals surface area contributed by atoms with Gasteiger partial charge in [-0.05, 0) is 49.8 Å². The molecule has 2 aliphatic rings. The molecule has 2 N–H and O–H groups in total. The lowest BCUT2D eigenvalue weighted by atomic mass is 10.1. The van der Waals surface area contributed by atoms with Crippen molar-refractivity contribution in [2.24, 2.45) is 5.92 Å². The Hall–Kier alpha value is -2.69. The molecule has 0 saturated carbocycles. The third-order valence-electron chi connectivity index (χ3n) is 5.22. The molecule has 1 amide bonds. The fraction of sp³-hybridized carbons (Fsp3) is 0.600. The maximum atomic E-state index is 12.5. The van der Waals surface area contributed by atoms with Gasteiger partial charge in [0.25, 0.3) is 0 Å². The quantitative estimate of drug-likeness (QED) is 0.670. The molecule has 0 bridgehead atoms. The summed E-state index contributed by atoms with van der Waals surface area (Å²) >= 11 is 0. The van der Waals surface area contributed by atoms with E-state index in [1.165, 1.54) is 0 Å². The van der Waals surface area contributed by atoms with Crippen LogP contribution in [0.25, 0.3) is 0 Å². The van der Waals surface area contributed by atoms with Gasteiger partial charge in [-0.3, -0.25) is 9.69 Å². The molecule has 1 aromatic rings. The fourth-order valence-corrected chi connectivity index (χ4v) is 3.79. The molecule has 0 radical (unpaired) electrons. The zero-order valence-electron chi connectivity index (χ0n) is 17.0. The minimum Gasteiger partial charge on any atom is -0.473 e. The third kappa shape index (κ3) is 8.16. The van der Waals surface area contributed by atoms with Crippen molar-refractivity contribution in [3.05, 3.63) is 23.9 Å². The van der Waals surface area contributed by atoms with Crippen LogP contribution in [0.2, 0.25) is 0 Å². The lowest BCUT2D eigenvalue weighted by Gasteiger charge is -2.28. The number of amides is 1. The minimum absolute atomic E-state index is 0.109. The number of rotatable bonds is 5. The van der Waals surface area contributed by atoms with Crippen LogP contribution in [0, 0.1) is 5.92 Å². The second-order valence-electron chi connectivity index (χ2n) is 7.62. The van der Waals surface area contributed by atoms with E-state index >= 15 is 0 Å². The van der Waals surface area contributed by atoms with Crippen LogP contribution in [0.3, 0.4) is 0 Å². The average Bonchev–Trinajstić information content (AvgIpc) is 3.13. The van der Waals surface area contributed by atoms with E-state index in [1.54, 1.807) is 11.1 Å². The molecule has 31 heavy (non-hydrogen) atoms. The number of aromatic nitrogens is 1. The molecule has 3 rings (SSSR count). The second kappa shape index (κ2) is 11.1. The number of carboxylic acids is 2. The molecule has 172 valence electrons.